The Balaban J connectivity index is 0. The Hall–Kier alpha value is -0.570. The van der Waals surface area contributed by atoms with Gasteiger partial charge in [-0.05, 0) is 13.3 Å². The molecule has 0 atom stereocenters. The van der Waals surface area contributed by atoms with E-state index in [1.807, 2.05) is 20.8 Å². The van der Waals surface area contributed by atoms with E-state index in [0.717, 1.165) is 32.6 Å². The lowest BCUT2D eigenvalue weighted by Crippen LogP contribution is -2.18. The smallest absolute Gasteiger partial charge is 0.209 e. The molecule has 0 saturated carbocycles. The largest absolute Gasteiger partial charge is 0.382 e. The number of hydrogen-bond donors (Lipinski definition) is 0. The molecule has 0 rings (SSSR count). The van der Waals surface area contributed by atoms with Crippen LogP contribution in [0.1, 0.15) is 27.2 Å². The van der Waals surface area contributed by atoms with E-state index < -0.39 is 0 Å². The van der Waals surface area contributed by atoms with Crippen LogP contribution in [0.5, 0.6) is 0 Å². The summed E-state index contributed by atoms with van der Waals surface area (Å²) in [6.07, 6.45) is 1.75. The van der Waals surface area contributed by atoms with Crippen molar-refractivity contribution in [1.29, 1.82) is 0 Å². The van der Waals surface area contributed by atoms with Crippen molar-refractivity contribution in [2.45, 2.75) is 27.2 Å². The molecule has 0 aromatic heterocycles. The minimum absolute atomic E-state index is 0.745. The molecule has 0 radical (unpaired) electrons. The summed E-state index contributed by atoms with van der Waals surface area (Å²) in [6, 6.07) is 0. The van der Waals surface area contributed by atoms with Crippen LogP contribution in [0.4, 0.5) is 0 Å². The van der Waals surface area contributed by atoms with Gasteiger partial charge in [0, 0.05) is 26.8 Å². The average molecular weight is 175 g/mol. The van der Waals surface area contributed by atoms with Gasteiger partial charge in [0.15, 0.2) is 0 Å². The van der Waals surface area contributed by atoms with Gasteiger partial charge in [0.1, 0.15) is 0 Å². The summed E-state index contributed by atoms with van der Waals surface area (Å²) in [5.41, 5.74) is 0. The molecule has 0 aliphatic heterocycles. The first-order valence-corrected chi connectivity index (χ1v) is 4.54. The van der Waals surface area contributed by atoms with Gasteiger partial charge in [-0.2, -0.15) is 0 Å². The van der Waals surface area contributed by atoms with Gasteiger partial charge < -0.3 is 9.64 Å². The van der Waals surface area contributed by atoms with Crippen LogP contribution in [0.2, 0.25) is 0 Å². The highest BCUT2D eigenvalue weighted by atomic mass is 16.5. The summed E-state index contributed by atoms with van der Waals surface area (Å²) in [6.45, 7) is 8.24. The van der Waals surface area contributed by atoms with E-state index in [9.17, 15) is 4.79 Å². The van der Waals surface area contributed by atoms with Crippen molar-refractivity contribution in [1.82, 2.24) is 4.90 Å². The van der Waals surface area contributed by atoms with Crippen LogP contribution in [0.15, 0.2) is 0 Å². The molecule has 0 fully saturated rings. The predicted molar refractivity (Wildman–Crippen MR) is 51.2 cm³/mol. The molecular formula is C9H21NO2. The minimum Gasteiger partial charge on any atom is -0.382 e. The standard InChI is InChI=1S/C7H15NO2.C2H6/c1-3-10-6-4-5-8(2)7-9;1-2/h7H,3-6H2,1-2H3;1-2H3. The van der Waals surface area contributed by atoms with E-state index >= 15 is 0 Å². The lowest BCUT2D eigenvalue weighted by Gasteiger charge is -2.08. The second-order valence-electron chi connectivity index (χ2n) is 2.14. The molecule has 0 aliphatic rings. The lowest BCUT2D eigenvalue weighted by atomic mass is 10.4. The van der Waals surface area contributed by atoms with Crippen molar-refractivity contribution < 1.29 is 9.53 Å². The first-order chi connectivity index (χ1) is 5.81. The summed E-state index contributed by atoms with van der Waals surface area (Å²) >= 11 is 0. The third kappa shape index (κ3) is 12.1. The number of carbonyl (C=O) groups excluding carboxylic acids is 1. The molecule has 0 bridgehead atoms. The highest BCUT2D eigenvalue weighted by Gasteiger charge is 1.91. The Kier molecular flexibility index (Phi) is 15.2. The fourth-order valence-corrected chi connectivity index (χ4v) is 0.613. The van der Waals surface area contributed by atoms with Crippen molar-refractivity contribution in [2.75, 3.05) is 26.8 Å². The zero-order valence-corrected chi connectivity index (χ0v) is 8.67. The maximum absolute atomic E-state index is 10.1. The van der Waals surface area contributed by atoms with E-state index in [0.29, 0.717) is 0 Å². The molecule has 3 nitrogen and oxygen atoms in total. The molecule has 12 heavy (non-hydrogen) atoms. The molecule has 0 saturated heterocycles. The van der Waals surface area contributed by atoms with Crippen molar-refractivity contribution in [2.24, 2.45) is 0 Å². The predicted octanol–water partition coefficient (Wildman–Crippen LogP) is 1.53. The molecule has 0 aromatic rings. The third-order valence-corrected chi connectivity index (χ3v) is 1.18. The first-order valence-electron chi connectivity index (χ1n) is 4.54. The Bertz CT molecular complexity index is 86.6. The highest BCUT2D eigenvalue weighted by molar-refractivity contribution is 5.46. The molecule has 0 heterocycles. The second-order valence-corrected chi connectivity index (χ2v) is 2.14. The van der Waals surface area contributed by atoms with Crippen LogP contribution in [-0.4, -0.2) is 38.1 Å². The van der Waals surface area contributed by atoms with Gasteiger partial charge >= 0.3 is 0 Å². The molecule has 0 spiro atoms. The van der Waals surface area contributed by atoms with E-state index in [-0.39, 0.29) is 0 Å². The quantitative estimate of drug-likeness (QED) is 0.452. The van der Waals surface area contributed by atoms with Crippen LogP contribution in [-0.2, 0) is 9.53 Å². The fraction of sp³-hybridized carbons (Fsp3) is 0.889. The Morgan fingerprint density at radius 3 is 2.42 bits per heavy atom. The summed E-state index contributed by atoms with van der Waals surface area (Å²) in [5, 5.41) is 0. The minimum atomic E-state index is 0.745. The zero-order valence-electron chi connectivity index (χ0n) is 8.67. The van der Waals surface area contributed by atoms with Gasteiger partial charge in [0.05, 0.1) is 0 Å². The van der Waals surface area contributed by atoms with Crippen molar-refractivity contribution in [3.8, 4) is 0 Å². The molecule has 0 aliphatic carbocycles. The van der Waals surface area contributed by atoms with Gasteiger partial charge in [-0.15, -0.1) is 0 Å². The van der Waals surface area contributed by atoms with Crippen LogP contribution in [0.25, 0.3) is 0 Å². The van der Waals surface area contributed by atoms with Crippen LogP contribution < -0.4 is 0 Å². The number of amides is 1. The van der Waals surface area contributed by atoms with Crippen molar-refractivity contribution in [3.63, 3.8) is 0 Å². The number of ether oxygens (including phenoxy) is 1. The molecule has 0 aromatic carbocycles. The van der Waals surface area contributed by atoms with Crippen LogP contribution in [0, 0.1) is 0 Å². The highest BCUT2D eigenvalue weighted by Crippen LogP contribution is 1.84. The summed E-state index contributed by atoms with van der Waals surface area (Å²) < 4.78 is 5.09. The second kappa shape index (κ2) is 13.1. The van der Waals surface area contributed by atoms with Gasteiger partial charge in [0.25, 0.3) is 0 Å². The number of carbonyl (C=O) groups is 1. The maximum Gasteiger partial charge on any atom is 0.209 e. The summed E-state index contributed by atoms with van der Waals surface area (Å²) in [4.78, 5) is 11.7. The third-order valence-electron chi connectivity index (χ3n) is 1.18. The first kappa shape index (κ1) is 14.0. The summed E-state index contributed by atoms with van der Waals surface area (Å²) in [5.74, 6) is 0. The maximum atomic E-state index is 10.1. The number of hydrogen-bond acceptors (Lipinski definition) is 2. The average Bonchev–Trinajstić information content (AvgIpc) is 2.15. The monoisotopic (exact) mass is 175 g/mol. The molecule has 0 unspecified atom stereocenters. The normalized spacial score (nSPS) is 8.33. The van der Waals surface area contributed by atoms with E-state index in [4.69, 9.17) is 4.74 Å². The Labute approximate surface area is 75.7 Å². The van der Waals surface area contributed by atoms with E-state index in [1.54, 1.807) is 11.9 Å². The topological polar surface area (TPSA) is 29.5 Å². The number of rotatable bonds is 6. The molecular weight excluding hydrogens is 154 g/mol. The Morgan fingerprint density at radius 2 is 2.00 bits per heavy atom. The van der Waals surface area contributed by atoms with Gasteiger partial charge in [-0.25, -0.2) is 0 Å². The Morgan fingerprint density at radius 1 is 1.42 bits per heavy atom. The zero-order chi connectivity index (χ0) is 9.82. The van der Waals surface area contributed by atoms with E-state index in [2.05, 4.69) is 0 Å². The fourth-order valence-electron chi connectivity index (χ4n) is 0.613. The van der Waals surface area contributed by atoms with Gasteiger partial charge in [-0.3, -0.25) is 4.79 Å². The summed E-state index contributed by atoms with van der Waals surface area (Å²) in [7, 11) is 1.76. The van der Waals surface area contributed by atoms with Crippen LogP contribution >= 0.6 is 0 Å². The molecule has 1 amide bonds. The van der Waals surface area contributed by atoms with Crippen molar-refractivity contribution >= 4 is 6.41 Å². The van der Waals surface area contributed by atoms with Gasteiger partial charge in [-0.1, -0.05) is 13.8 Å². The molecule has 74 valence electrons. The van der Waals surface area contributed by atoms with Crippen LogP contribution in [0.3, 0.4) is 0 Å². The number of nitrogens with zero attached hydrogens (tertiary/aromatic N) is 1. The SMILES string of the molecule is CC.CCOCCCN(C)C=O. The lowest BCUT2D eigenvalue weighted by molar-refractivity contribution is -0.117. The van der Waals surface area contributed by atoms with E-state index in [1.165, 1.54) is 0 Å². The molecule has 0 N–H and O–H groups in total. The van der Waals surface area contributed by atoms with Crippen molar-refractivity contribution in [3.05, 3.63) is 0 Å². The van der Waals surface area contributed by atoms with Gasteiger partial charge in [0.2, 0.25) is 6.41 Å². The molecule has 3 heteroatoms.